The summed E-state index contributed by atoms with van der Waals surface area (Å²) in [5.74, 6) is 0.102. The van der Waals surface area contributed by atoms with Gasteiger partial charge in [0.25, 0.3) is 5.91 Å². The lowest BCUT2D eigenvalue weighted by Crippen LogP contribution is -2.37. The van der Waals surface area contributed by atoms with Crippen molar-refractivity contribution in [3.63, 3.8) is 0 Å². The van der Waals surface area contributed by atoms with Gasteiger partial charge >= 0.3 is 0 Å². The minimum absolute atomic E-state index is 0.236. The van der Waals surface area contributed by atoms with Crippen LogP contribution in [0.5, 0.6) is 0 Å². The first-order chi connectivity index (χ1) is 8.84. The molecule has 0 bridgehead atoms. The van der Waals surface area contributed by atoms with Gasteiger partial charge in [-0.15, -0.1) is 11.6 Å². The predicted octanol–water partition coefficient (Wildman–Crippen LogP) is 3.85. The number of rotatable bonds is 5. The summed E-state index contributed by atoms with van der Waals surface area (Å²) in [6, 6.07) is 5.88. The Kier molecular flexibility index (Phi) is 5.83. The maximum absolute atomic E-state index is 12.2. The third-order valence-corrected chi connectivity index (χ3v) is 2.91. The van der Waals surface area contributed by atoms with Crippen LogP contribution in [0.1, 0.15) is 31.9 Å². The maximum atomic E-state index is 12.2. The van der Waals surface area contributed by atoms with E-state index in [9.17, 15) is 4.79 Å². The van der Waals surface area contributed by atoms with Crippen molar-refractivity contribution >= 4 is 23.2 Å². The van der Waals surface area contributed by atoms with Gasteiger partial charge in [0, 0.05) is 0 Å². The third-order valence-electron chi connectivity index (χ3n) is 2.72. The van der Waals surface area contributed by atoms with Crippen LogP contribution < -0.4 is 5.06 Å². The van der Waals surface area contributed by atoms with Crippen molar-refractivity contribution in [1.82, 2.24) is 0 Å². The number of benzene rings is 1. The summed E-state index contributed by atoms with van der Waals surface area (Å²) in [7, 11) is 0. The van der Waals surface area contributed by atoms with Gasteiger partial charge in [0.1, 0.15) is 5.38 Å². The van der Waals surface area contributed by atoms with E-state index in [4.69, 9.17) is 16.4 Å². The molecule has 0 fully saturated rings. The highest BCUT2D eigenvalue weighted by Crippen LogP contribution is 2.26. The normalized spacial score (nSPS) is 12.6. The van der Waals surface area contributed by atoms with E-state index in [-0.39, 0.29) is 5.91 Å². The van der Waals surface area contributed by atoms with Crippen LogP contribution in [0, 0.1) is 19.8 Å². The zero-order valence-corrected chi connectivity index (χ0v) is 13.0. The molecule has 0 aromatic heterocycles. The van der Waals surface area contributed by atoms with Gasteiger partial charge in [-0.1, -0.05) is 32.0 Å². The van der Waals surface area contributed by atoms with Crippen molar-refractivity contribution in [2.75, 3.05) is 11.7 Å². The zero-order valence-electron chi connectivity index (χ0n) is 12.2. The highest BCUT2D eigenvalue weighted by atomic mass is 35.5. The van der Waals surface area contributed by atoms with Gasteiger partial charge in [0.15, 0.2) is 0 Å². The van der Waals surface area contributed by atoms with Crippen LogP contribution in [-0.2, 0) is 9.63 Å². The molecule has 1 atom stereocenters. The largest absolute Gasteiger partial charge is 0.270 e. The van der Waals surface area contributed by atoms with E-state index in [1.165, 1.54) is 5.06 Å². The van der Waals surface area contributed by atoms with Crippen molar-refractivity contribution in [2.45, 2.75) is 40.0 Å². The SMILES string of the molecule is Cc1cccc(C)c1N(OCC(C)C)C(=O)C(C)Cl. The minimum atomic E-state index is -0.619. The molecule has 1 unspecified atom stereocenters. The average Bonchev–Trinajstić information content (AvgIpc) is 2.31. The maximum Gasteiger partial charge on any atom is 0.268 e. The molecule has 0 aliphatic carbocycles. The molecule has 0 saturated heterocycles. The Hall–Kier alpha value is -1.06. The van der Waals surface area contributed by atoms with E-state index in [1.54, 1.807) is 6.92 Å². The van der Waals surface area contributed by atoms with Crippen LogP contribution in [0.4, 0.5) is 5.69 Å². The van der Waals surface area contributed by atoms with E-state index in [2.05, 4.69) is 0 Å². The van der Waals surface area contributed by atoms with Crippen molar-refractivity contribution in [1.29, 1.82) is 0 Å². The van der Waals surface area contributed by atoms with Crippen molar-refractivity contribution in [3.05, 3.63) is 29.3 Å². The summed E-state index contributed by atoms with van der Waals surface area (Å²) in [6.07, 6.45) is 0. The molecule has 0 heterocycles. The second-order valence-electron chi connectivity index (χ2n) is 5.18. The minimum Gasteiger partial charge on any atom is -0.270 e. The Morgan fingerprint density at radius 2 is 1.79 bits per heavy atom. The topological polar surface area (TPSA) is 29.5 Å². The Morgan fingerprint density at radius 3 is 2.21 bits per heavy atom. The number of para-hydroxylation sites is 1. The first-order valence-electron chi connectivity index (χ1n) is 6.51. The lowest BCUT2D eigenvalue weighted by atomic mass is 10.1. The molecule has 0 N–H and O–H groups in total. The highest BCUT2D eigenvalue weighted by Gasteiger charge is 2.24. The first-order valence-corrected chi connectivity index (χ1v) is 6.95. The second-order valence-corrected chi connectivity index (χ2v) is 5.83. The summed E-state index contributed by atoms with van der Waals surface area (Å²) in [5, 5.41) is 0.730. The Labute approximate surface area is 120 Å². The van der Waals surface area contributed by atoms with Crippen LogP contribution in [0.15, 0.2) is 18.2 Å². The molecule has 19 heavy (non-hydrogen) atoms. The molecule has 4 heteroatoms. The smallest absolute Gasteiger partial charge is 0.268 e. The van der Waals surface area contributed by atoms with E-state index >= 15 is 0 Å². The molecule has 1 aromatic carbocycles. The summed E-state index contributed by atoms with van der Waals surface area (Å²) >= 11 is 5.92. The van der Waals surface area contributed by atoms with Gasteiger partial charge in [0.2, 0.25) is 0 Å². The molecule has 1 aromatic rings. The van der Waals surface area contributed by atoms with Gasteiger partial charge < -0.3 is 0 Å². The molecule has 0 spiro atoms. The number of alkyl halides is 1. The van der Waals surface area contributed by atoms with E-state index in [0.717, 1.165) is 16.8 Å². The molecule has 3 nitrogen and oxygen atoms in total. The van der Waals surface area contributed by atoms with Crippen molar-refractivity contribution < 1.29 is 9.63 Å². The lowest BCUT2D eigenvalue weighted by Gasteiger charge is -2.26. The fraction of sp³-hybridized carbons (Fsp3) is 0.533. The summed E-state index contributed by atoms with van der Waals surface area (Å²) < 4.78 is 0. The average molecular weight is 284 g/mol. The summed E-state index contributed by atoms with van der Waals surface area (Å²) in [5.41, 5.74) is 2.78. The number of hydroxylamine groups is 1. The monoisotopic (exact) mass is 283 g/mol. The van der Waals surface area contributed by atoms with E-state index < -0.39 is 5.38 Å². The number of halogens is 1. The number of nitrogens with zero attached hydrogens (tertiary/aromatic N) is 1. The van der Waals surface area contributed by atoms with Gasteiger partial charge in [-0.2, -0.15) is 5.06 Å². The van der Waals surface area contributed by atoms with Crippen molar-refractivity contribution in [2.24, 2.45) is 5.92 Å². The Bertz CT molecular complexity index is 424. The van der Waals surface area contributed by atoms with Gasteiger partial charge in [-0.05, 0) is 37.8 Å². The summed E-state index contributed by atoms with van der Waals surface area (Å²) in [6.45, 7) is 10.1. The fourth-order valence-corrected chi connectivity index (χ4v) is 1.84. The molecule has 1 amide bonds. The molecular formula is C15H22ClNO2. The van der Waals surface area contributed by atoms with Crippen LogP contribution in [0.2, 0.25) is 0 Å². The van der Waals surface area contributed by atoms with Gasteiger partial charge in [-0.3, -0.25) is 9.63 Å². The van der Waals surface area contributed by atoms with Crippen molar-refractivity contribution in [3.8, 4) is 0 Å². The van der Waals surface area contributed by atoms with Crippen LogP contribution >= 0.6 is 11.6 Å². The zero-order chi connectivity index (χ0) is 14.6. The number of carbonyl (C=O) groups is 1. The number of amides is 1. The van der Waals surface area contributed by atoms with Crippen LogP contribution in [-0.4, -0.2) is 17.9 Å². The molecule has 0 saturated carbocycles. The Morgan fingerprint density at radius 1 is 1.26 bits per heavy atom. The highest BCUT2D eigenvalue weighted by molar-refractivity contribution is 6.32. The van der Waals surface area contributed by atoms with E-state index in [0.29, 0.717) is 12.5 Å². The van der Waals surface area contributed by atoms with Crippen LogP contribution in [0.25, 0.3) is 0 Å². The Balaban J connectivity index is 3.12. The van der Waals surface area contributed by atoms with Gasteiger partial charge in [-0.25, -0.2) is 0 Å². The lowest BCUT2D eigenvalue weighted by molar-refractivity contribution is -0.125. The summed E-state index contributed by atoms with van der Waals surface area (Å²) in [4.78, 5) is 17.9. The number of aryl methyl sites for hydroxylation is 2. The molecule has 0 aliphatic heterocycles. The number of hydrogen-bond donors (Lipinski definition) is 0. The number of hydrogen-bond acceptors (Lipinski definition) is 2. The molecular weight excluding hydrogens is 262 g/mol. The van der Waals surface area contributed by atoms with Gasteiger partial charge in [0.05, 0.1) is 12.3 Å². The molecule has 0 radical (unpaired) electrons. The van der Waals surface area contributed by atoms with E-state index in [1.807, 2.05) is 45.9 Å². The number of carbonyl (C=O) groups excluding carboxylic acids is 1. The molecule has 106 valence electrons. The molecule has 1 rings (SSSR count). The predicted molar refractivity (Wildman–Crippen MR) is 79.5 cm³/mol. The van der Waals surface area contributed by atoms with Crippen LogP contribution in [0.3, 0.4) is 0 Å². The first kappa shape index (κ1) is 16.0. The number of anilines is 1. The standard InChI is InChI=1S/C15H22ClNO2/c1-10(2)9-19-17(15(18)13(5)16)14-11(3)7-6-8-12(14)4/h6-8,10,13H,9H2,1-5H3. The second kappa shape index (κ2) is 6.92. The fourth-order valence-electron chi connectivity index (χ4n) is 1.75. The quantitative estimate of drug-likeness (QED) is 0.607. The third kappa shape index (κ3) is 4.22. The molecule has 0 aliphatic rings.